The van der Waals surface area contributed by atoms with Crippen LogP contribution in [0.3, 0.4) is 0 Å². The van der Waals surface area contributed by atoms with Crippen molar-refractivity contribution in [3.63, 3.8) is 0 Å². The summed E-state index contributed by atoms with van der Waals surface area (Å²) in [4.78, 5) is 0. The van der Waals surface area contributed by atoms with E-state index < -0.39 is 8.32 Å². The molecule has 0 aromatic heterocycles. The summed E-state index contributed by atoms with van der Waals surface area (Å²) in [5.41, 5.74) is 1.44. The van der Waals surface area contributed by atoms with Gasteiger partial charge >= 0.3 is 0 Å². The third-order valence-corrected chi connectivity index (χ3v) is 9.71. The Labute approximate surface area is 136 Å². The minimum atomic E-state index is -1.63. The zero-order valence-corrected chi connectivity index (χ0v) is 15.9. The lowest BCUT2D eigenvalue weighted by molar-refractivity contribution is 0.274. The van der Waals surface area contributed by atoms with Crippen LogP contribution in [-0.4, -0.2) is 14.9 Å². The van der Waals surface area contributed by atoms with E-state index >= 15 is 0 Å². The van der Waals surface area contributed by atoms with Crippen molar-refractivity contribution in [3.8, 4) is 0 Å². The Hall–Kier alpha value is -1.12. The van der Waals surface area contributed by atoms with Crippen LogP contribution in [0.15, 0.2) is 42.5 Å². The zero-order valence-electron chi connectivity index (χ0n) is 14.9. The highest BCUT2D eigenvalue weighted by Crippen LogP contribution is 2.37. The molecule has 0 radical (unpaired) electrons. The van der Waals surface area contributed by atoms with Gasteiger partial charge in [0.25, 0.3) is 0 Å². The lowest BCUT2D eigenvalue weighted by Gasteiger charge is -2.36. The topological polar surface area (TPSA) is 9.23 Å². The smallest absolute Gasteiger partial charge is 0.191 e. The Balaban J connectivity index is 2.05. The summed E-state index contributed by atoms with van der Waals surface area (Å²) in [6.07, 6.45) is 1.08. The first-order valence-electron chi connectivity index (χ1n) is 8.34. The molecule has 1 nitrogen and oxygen atoms in total. The molecule has 2 aromatic carbocycles. The largest absolute Gasteiger partial charge is 0.417 e. The molecule has 0 spiro atoms. The van der Waals surface area contributed by atoms with Crippen LogP contribution < -0.4 is 0 Å². The SMILES string of the molecule is CC(CCO[Si](C)(C)C(C)(C)C)c1cccc2ccccc12. The molecule has 2 rings (SSSR count). The second-order valence-electron chi connectivity index (χ2n) is 7.87. The van der Waals surface area contributed by atoms with Crippen molar-refractivity contribution in [1.82, 2.24) is 0 Å². The van der Waals surface area contributed by atoms with Crippen LogP contribution in [0, 0.1) is 0 Å². The zero-order chi connectivity index (χ0) is 16.4. The summed E-state index contributed by atoms with van der Waals surface area (Å²) in [5.74, 6) is 0.524. The highest BCUT2D eigenvalue weighted by atomic mass is 28.4. The summed E-state index contributed by atoms with van der Waals surface area (Å²) in [6.45, 7) is 14.7. The maximum atomic E-state index is 6.34. The first-order valence-corrected chi connectivity index (χ1v) is 11.2. The average Bonchev–Trinajstić information content (AvgIpc) is 2.45. The van der Waals surface area contributed by atoms with Crippen molar-refractivity contribution in [2.24, 2.45) is 0 Å². The van der Waals surface area contributed by atoms with Crippen molar-refractivity contribution < 1.29 is 4.43 Å². The average molecular weight is 315 g/mol. The van der Waals surface area contributed by atoms with Gasteiger partial charge in [-0.1, -0.05) is 70.2 Å². The molecule has 0 bridgehead atoms. The van der Waals surface area contributed by atoms with Crippen LogP contribution in [0.2, 0.25) is 18.1 Å². The van der Waals surface area contributed by atoms with E-state index in [1.165, 1.54) is 16.3 Å². The quantitative estimate of drug-likeness (QED) is 0.584. The molecule has 0 saturated carbocycles. The second-order valence-corrected chi connectivity index (χ2v) is 12.7. The molecule has 120 valence electrons. The Kier molecular flexibility index (Phi) is 5.13. The molecule has 2 aromatic rings. The van der Waals surface area contributed by atoms with Crippen LogP contribution in [0.5, 0.6) is 0 Å². The number of hydrogen-bond donors (Lipinski definition) is 0. The molecule has 1 atom stereocenters. The van der Waals surface area contributed by atoms with Gasteiger partial charge < -0.3 is 4.43 Å². The van der Waals surface area contributed by atoms with E-state index in [9.17, 15) is 0 Å². The van der Waals surface area contributed by atoms with Gasteiger partial charge in [-0.15, -0.1) is 0 Å². The lowest BCUT2D eigenvalue weighted by Crippen LogP contribution is -2.41. The first kappa shape index (κ1) is 17.2. The standard InChI is InChI=1S/C20H30OSi/c1-16(14-15-21-22(5,6)20(2,3)4)18-13-9-11-17-10-7-8-12-19(17)18/h7-13,16H,14-15H2,1-6H3. The van der Waals surface area contributed by atoms with E-state index in [-0.39, 0.29) is 5.04 Å². The van der Waals surface area contributed by atoms with Crippen molar-refractivity contribution in [2.75, 3.05) is 6.61 Å². The molecule has 0 saturated heterocycles. The Morgan fingerprint density at radius 2 is 1.64 bits per heavy atom. The highest BCUT2D eigenvalue weighted by Gasteiger charge is 2.36. The molecule has 0 aliphatic carbocycles. The lowest BCUT2D eigenvalue weighted by atomic mass is 9.93. The predicted octanol–water partition coefficient (Wildman–Crippen LogP) is 6.36. The molecule has 2 heteroatoms. The van der Waals surface area contributed by atoms with Gasteiger partial charge in [0.15, 0.2) is 8.32 Å². The molecular formula is C20H30OSi. The van der Waals surface area contributed by atoms with E-state index in [4.69, 9.17) is 4.43 Å². The maximum absolute atomic E-state index is 6.34. The number of benzene rings is 2. The summed E-state index contributed by atoms with van der Waals surface area (Å²) < 4.78 is 6.34. The molecule has 0 aliphatic heterocycles. The minimum absolute atomic E-state index is 0.287. The van der Waals surface area contributed by atoms with Crippen molar-refractivity contribution in [1.29, 1.82) is 0 Å². The molecule has 0 fully saturated rings. The Morgan fingerprint density at radius 1 is 1.00 bits per heavy atom. The van der Waals surface area contributed by atoms with Crippen LogP contribution in [0.1, 0.15) is 45.6 Å². The fourth-order valence-electron chi connectivity index (χ4n) is 2.54. The number of fused-ring (bicyclic) bond motifs is 1. The van der Waals surface area contributed by atoms with Crippen molar-refractivity contribution >= 4 is 19.1 Å². The number of hydrogen-bond acceptors (Lipinski definition) is 1. The van der Waals surface area contributed by atoms with E-state index in [0.29, 0.717) is 5.92 Å². The normalized spacial score (nSPS) is 14.3. The highest BCUT2D eigenvalue weighted by molar-refractivity contribution is 6.74. The van der Waals surface area contributed by atoms with Crippen LogP contribution in [-0.2, 0) is 4.43 Å². The molecular weight excluding hydrogens is 284 g/mol. The molecule has 0 N–H and O–H groups in total. The van der Waals surface area contributed by atoms with Crippen molar-refractivity contribution in [3.05, 3.63) is 48.0 Å². The maximum Gasteiger partial charge on any atom is 0.191 e. The molecule has 0 amide bonds. The number of rotatable bonds is 5. The summed E-state index contributed by atoms with van der Waals surface area (Å²) >= 11 is 0. The minimum Gasteiger partial charge on any atom is -0.417 e. The summed E-state index contributed by atoms with van der Waals surface area (Å²) in [7, 11) is -1.63. The first-order chi connectivity index (χ1) is 10.2. The van der Waals surface area contributed by atoms with Gasteiger partial charge in [-0.3, -0.25) is 0 Å². The van der Waals surface area contributed by atoms with E-state index in [1.54, 1.807) is 0 Å². The molecule has 0 heterocycles. The molecule has 22 heavy (non-hydrogen) atoms. The fraction of sp³-hybridized carbons (Fsp3) is 0.500. The second kappa shape index (κ2) is 6.55. The van der Waals surface area contributed by atoms with Crippen molar-refractivity contribution in [2.45, 2.75) is 58.2 Å². The van der Waals surface area contributed by atoms with E-state index in [1.807, 2.05) is 0 Å². The van der Waals surface area contributed by atoms with Gasteiger partial charge in [-0.2, -0.15) is 0 Å². The summed E-state index contributed by atoms with van der Waals surface area (Å²) in [6, 6.07) is 15.3. The van der Waals surface area contributed by atoms with Gasteiger partial charge in [0.05, 0.1) is 0 Å². The van der Waals surface area contributed by atoms with Gasteiger partial charge in [-0.25, -0.2) is 0 Å². The van der Waals surface area contributed by atoms with Gasteiger partial charge in [0.1, 0.15) is 0 Å². The van der Waals surface area contributed by atoms with Gasteiger partial charge in [0.2, 0.25) is 0 Å². The monoisotopic (exact) mass is 314 g/mol. The Morgan fingerprint density at radius 3 is 2.32 bits per heavy atom. The third kappa shape index (κ3) is 3.79. The summed E-state index contributed by atoms with van der Waals surface area (Å²) in [5, 5.41) is 3.00. The van der Waals surface area contributed by atoms with Gasteiger partial charge in [0, 0.05) is 6.61 Å². The van der Waals surface area contributed by atoms with Crippen LogP contribution >= 0.6 is 0 Å². The molecule has 1 unspecified atom stereocenters. The molecule has 0 aliphatic rings. The third-order valence-electron chi connectivity index (χ3n) is 5.17. The van der Waals surface area contributed by atoms with Crippen LogP contribution in [0.25, 0.3) is 10.8 Å². The Bertz CT molecular complexity index is 620. The van der Waals surface area contributed by atoms with E-state index in [0.717, 1.165) is 13.0 Å². The predicted molar refractivity (Wildman–Crippen MR) is 100 cm³/mol. The van der Waals surface area contributed by atoms with Gasteiger partial charge in [-0.05, 0) is 46.8 Å². The fourth-order valence-corrected chi connectivity index (χ4v) is 3.60. The van der Waals surface area contributed by atoms with E-state index in [2.05, 4.69) is 83.3 Å². The van der Waals surface area contributed by atoms with Crippen LogP contribution in [0.4, 0.5) is 0 Å².